The Morgan fingerprint density at radius 3 is 2.23 bits per heavy atom. The third kappa shape index (κ3) is 4.68. The van der Waals surface area contributed by atoms with Gasteiger partial charge in [-0.25, -0.2) is 0 Å². The van der Waals surface area contributed by atoms with Crippen molar-refractivity contribution in [3.63, 3.8) is 0 Å². The lowest BCUT2D eigenvalue weighted by molar-refractivity contribution is -0.112. The van der Waals surface area contributed by atoms with E-state index < -0.39 is 11.7 Å². The molecule has 6 heteroatoms. The average molecular weight is 367 g/mol. The van der Waals surface area contributed by atoms with Crippen molar-refractivity contribution in [1.82, 2.24) is 4.98 Å². The van der Waals surface area contributed by atoms with Gasteiger partial charge in [0.15, 0.2) is 0 Å². The van der Waals surface area contributed by atoms with Crippen LogP contribution in [-0.4, -0.2) is 16.7 Å². The van der Waals surface area contributed by atoms with E-state index in [0.29, 0.717) is 23.1 Å². The van der Waals surface area contributed by atoms with Crippen LogP contribution in [0, 0.1) is 0 Å². The number of hydrogen-bond donors (Lipinski definition) is 1. The summed E-state index contributed by atoms with van der Waals surface area (Å²) in [7, 11) is 0. The fourth-order valence-corrected chi connectivity index (χ4v) is 2.33. The van der Waals surface area contributed by atoms with Crippen molar-refractivity contribution in [2.24, 2.45) is 0 Å². The lowest BCUT2D eigenvalue weighted by Gasteiger charge is -2.08. The zero-order valence-electron chi connectivity index (χ0n) is 13.7. The number of pyridine rings is 1. The van der Waals surface area contributed by atoms with Gasteiger partial charge in [-0.1, -0.05) is 11.6 Å². The molecule has 0 saturated carbocycles. The number of anilines is 1. The molecule has 0 radical (unpaired) electrons. The third-order valence-electron chi connectivity index (χ3n) is 3.58. The highest BCUT2D eigenvalue weighted by atomic mass is 35.5. The molecule has 0 unspecified atom stereocenters. The van der Waals surface area contributed by atoms with Crippen LogP contribution < -0.4 is 10.1 Å². The predicted octanol–water partition coefficient (Wildman–Crippen LogP) is 4.14. The summed E-state index contributed by atoms with van der Waals surface area (Å²) in [6.45, 7) is 0.420. The van der Waals surface area contributed by atoms with E-state index in [-0.39, 0.29) is 5.56 Å². The molecule has 3 aromatic rings. The molecule has 2 aromatic carbocycles. The molecule has 130 valence electrons. The Labute approximate surface area is 155 Å². The fourth-order valence-electron chi connectivity index (χ4n) is 2.20. The van der Waals surface area contributed by atoms with Crippen molar-refractivity contribution in [3.05, 3.63) is 89.2 Å². The van der Waals surface area contributed by atoms with Gasteiger partial charge in [0.05, 0.1) is 0 Å². The molecule has 0 bridgehead atoms. The van der Waals surface area contributed by atoms with E-state index in [9.17, 15) is 9.59 Å². The number of nitrogens with one attached hydrogen (secondary N) is 1. The number of benzene rings is 2. The largest absolute Gasteiger partial charge is 0.489 e. The van der Waals surface area contributed by atoms with Gasteiger partial charge in [-0.3, -0.25) is 14.6 Å². The van der Waals surface area contributed by atoms with Crippen LogP contribution in [-0.2, 0) is 11.4 Å². The molecule has 0 aliphatic heterocycles. The lowest BCUT2D eigenvalue weighted by Crippen LogP contribution is -2.22. The fraction of sp³-hybridized carbons (Fsp3) is 0.0500. The molecular weight excluding hydrogens is 352 g/mol. The first-order valence-corrected chi connectivity index (χ1v) is 8.22. The van der Waals surface area contributed by atoms with E-state index in [4.69, 9.17) is 16.3 Å². The van der Waals surface area contributed by atoms with E-state index in [1.807, 2.05) is 12.1 Å². The van der Waals surface area contributed by atoms with Gasteiger partial charge < -0.3 is 10.1 Å². The Morgan fingerprint density at radius 1 is 0.923 bits per heavy atom. The highest BCUT2D eigenvalue weighted by Gasteiger charge is 2.16. The normalized spacial score (nSPS) is 10.2. The molecule has 0 saturated heterocycles. The van der Waals surface area contributed by atoms with Crippen molar-refractivity contribution in [2.75, 3.05) is 5.32 Å². The van der Waals surface area contributed by atoms with Crippen LogP contribution in [0.2, 0.25) is 5.02 Å². The third-order valence-corrected chi connectivity index (χ3v) is 3.83. The molecule has 1 amide bonds. The Bertz CT molecular complexity index is 895. The van der Waals surface area contributed by atoms with Crippen LogP contribution in [0.4, 0.5) is 5.69 Å². The summed E-state index contributed by atoms with van der Waals surface area (Å²) in [5, 5.41) is 3.07. The summed E-state index contributed by atoms with van der Waals surface area (Å²) in [4.78, 5) is 28.1. The molecule has 3 rings (SSSR count). The van der Waals surface area contributed by atoms with Crippen LogP contribution >= 0.6 is 11.6 Å². The van der Waals surface area contributed by atoms with Gasteiger partial charge >= 0.3 is 0 Å². The molecular formula is C20H15ClN2O3. The second-order valence-corrected chi connectivity index (χ2v) is 5.90. The quantitative estimate of drug-likeness (QED) is 0.526. The van der Waals surface area contributed by atoms with Gasteiger partial charge in [0.2, 0.25) is 0 Å². The number of Topliss-reactive ketones (excluding diaryl/α,β-unsaturated/α-hetero) is 1. The number of halogens is 1. The molecule has 0 aliphatic rings. The first-order valence-electron chi connectivity index (χ1n) is 7.85. The summed E-state index contributed by atoms with van der Waals surface area (Å²) in [5.74, 6) is -0.679. The predicted molar refractivity (Wildman–Crippen MR) is 99.4 cm³/mol. The maximum absolute atomic E-state index is 12.1. The summed E-state index contributed by atoms with van der Waals surface area (Å²) >= 11 is 5.78. The summed E-state index contributed by atoms with van der Waals surface area (Å²) in [6.07, 6.45) is 3.41. The number of nitrogens with zero attached hydrogens (tertiary/aromatic N) is 1. The standard InChI is InChI=1S/C20H15ClN2O3/c21-16-3-1-15(2-4-16)19(24)20(25)23-17-5-7-18(8-6-17)26-13-14-9-11-22-12-10-14/h1-12H,13H2,(H,23,25). The van der Waals surface area contributed by atoms with Crippen molar-refractivity contribution in [2.45, 2.75) is 6.61 Å². The Morgan fingerprint density at radius 2 is 1.58 bits per heavy atom. The van der Waals surface area contributed by atoms with Gasteiger partial charge in [0, 0.05) is 28.7 Å². The van der Waals surface area contributed by atoms with Crippen LogP contribution in [0.25, 0.3) is 0 Å². The number of rotatable bonds is 6. The SMILES string of the molecule is O=C(Nc1ccc(OCc2ccncc2)cc1)C(=O)c1ccc(Cl)cc1. The number of amides is 1. The number of hydrogen-bond acceptors (Lipinski definition) is 4. The molecule has 0 atom stereocenters. The van der Waals surface area contributed by atoms with Crippen molar-refractivity contribution < 1.29 is 14.3 Å². The average Bonchev–Trinajstić information content (AvgIpc) is 2.68. The maximum Gasteiger partial charge on any atom is 0.296 e. The number of aromatic nitrogens is 1. The van der Waals surface area contributed by atoms with Gasteiger partial charge in [0.25, 0.3) is 11.7 Å². The minimum absolute atomic E-state index is 0.282. The van der Waals surface area contributed by atoms with Gasteiger partial charge in [0.1, 0.15) is 12.4 Å². The summed E-state index contributed by atoms with van der Waals surface area (Å²) in [5.41, 5.74) is 1.80. The van der Waals surface area contributed by atoms with E-state index in [0.717, 1.165) is 5.56 Å². The minimum atomic E-state index is -0.710. The molecule has 1 N–H and O–H groups in total. The van der Waals surface area contributed by atoms with Crippen molar-refractivity contribution >= 4 is 29.0 Å². The molecule has 1 aromatic heterocycles. The van der Waals surface area contributed by atoms with Crippen LogP contribution in [0.5, 0.6) is 5.75 Å². The van der Waals surface area contributed by atoms with Gasteiger partial charge in [-0.15, -0.1) is 0 Å². The second-order valence-electron chi connectivity index (χ2n) is 5.46. The van der Waals surface area contributed by atoms with Crippen LogP contribution in [0.1, 0.15) is 15.9 Å². The number of carbonyl (C=O) groups is 2. The van der Waals surface area contributed by atoms with Gasteiger partial charge in [-0.2, -0.15) is 0 Å². The monoisotopic (exact) mass is 366 g/mol. The zero-order valence-corrected chi connectivity index (χ0v) is 14.4. The summed E-state index contributed by atoms with van der Waals surface area (Å²) in [6, 6.07) is 16.7. The van der Waals surface area contributed by atoms with E-state index in [1.165, 1.54) is 12.1 Å². The highest BCUT2D eigenvalue weighted by Crippen LogP contribution is 2.17. The van der Waals surface area contributed by atoms with Crippen LogP contribution in [0.15, 0.2) is 73.1 Å². The van der Waals surface area contributed by atoms with Crippen LogP contribution in [0.3, 0.4) is 0 Å². The first-order chi connectivity index (χ1) is 12.6. The maximum atomic E-state index is 12.1. The first kappa shape index (κ1) is 17.6. The second kappa shape index (κ2) is 8.27. The molecule has 26 heavy (non-hydrogen) atoms. The lowest BCUT2D eigenvalue weighted by atomic mass is 10.1. The Balaban J connectivity index is 1.57. The van der Waals surface area contributed by atoms with Crippen molar-refractivity contribution in [1.29, 1.82) is 0 Å². The molecule has 5 nitrogen and oxygen atoms in total. The Kier molecular flexibility index (Phi) is 5.61. The highest BCUT2D eigenvalue weighted by molar-refractivity contribution is 6.46. The minimum Gasteiger partial charge on any atom is -0.489 e. The van der Waals surface area contributed by atoms with E-state index in [1.54, 1.807) is 48.8 Å². The number of ketones is 1. The van der Waals surface area contributed by atoms with Gasteiger partial charge in [-0.05, 0) is 66.2 Å². The van der Waals surface area contributed by atoms with E-state index >= 15 is 0 Å². The molecule has 0 fully saturated rings. The molecule has 0 aliphatic carbocycles. The Hall–Kier alpha value is -3.18. The van der Waals surface area contributed by atoms with Crippen molar-refractivity contribution in [3.8, 4) is 5.75 Å². The van der Waals surface area contributed by atoms with E-state index in [2.05, 4.69) is 10.3 Å². The topological polar surface area (TPSA) is 68.3 Å². The number of carbonyl (C=O) groups excluding carboxylic acids is 2. The molecule has 0 spiro atoms. The number of ether oxygens (including phenoxy) is 1. The zero-order chi connectivity index (χ0) is 18.4. The smallest absolute Gasteiger partial charge is 0.296 e. The summed E-state index contributed by atoms with van der Waals surface area (Å²) < 4.78 is 5.66. The molecule has 1 heterocycles.